The number of hydrogen-bond donors (Lipinski definition) is 2. The number of piperazine rings is 1. The number of nitrogens with zero attached hydrogens (tertiary/aromatic N) is 4. The lowest BCUT2D eigenvalue weighted by molar-refractivity contribution is 0.0454. The number of urea groups is 1. The number of amides is 3. The Labute approximate surface area is 188 Å². The summed E-state index contributed by atoms with van der Waals surface area (Å²) < 4.78 is 0. The van der Waals surface area contributed by atoms with Crippen LogP contribution in [0.25, 0.3) is 0 Å². The molecule has 8 nitrogen and oxygen atoms in total. The van der Waals surface area contributed by atoms with Crippen LogP contribution in [0, 0.1) is 6.92 Å². The van der Waals surface area contributed by atoms with E-state index < -0.39 is 5.54 Å². The van der Waals surface area contributed by atoms with Crippen molar-refractivity contribution in [2.24, 2.45) is 0 Å². The van der Waals surface area contributed by atoms with E-state index in [1.54, 1.807) is 6.07 Å². The molecule has 2 aromatic rings. The minimum absolute atomic E-state index is 0.0645. The molecule has 0 bridgehead atoms. The van der Waals surface area contributed by atoms with Gasteiger partial charge in [-0.15, -0.1) is 0 Å². The summed E-state index contributed by atoms with van der Waals surface area (Å²) in [7, 11) is 0. The first-order valence-electron chi connectivity index (χ1n) is 11.5. The Balaban J connectivity index is 1.35. The van der Waals surface area contributed by atoms with E-state index >= 15 is 0 Å². The molecular weight excluding hydrogens is 404 g/mol. The molecule has 0 radical (unpaired) electrons. The zero-order valence-corrected chi connectivity index (χ0v) is 19.3. The van der Waals surface area contributed by atoms with Crippen molar-refractivity contribution < 1.29 is 9.59 Å². The van der Waals surface area contributed by atoms with Gasteiger partial charge >= 0.3 is 6.03 Å². The van der Waals surface area contributed by atoms with Gasteiger partial charge in [-0.25, -0.2) is 4.79 Å². The van der Waals surface area contributed by atoms with Crippen molar-refractivity contribution >= 4 is 17.8 Å². The number of H-pyrrole nitrogens is 1. The number of carbonyl (C=O) groups is 2. The van der Waals surface area contributed by atoms with E-state index in [1.807, 2.05) is 48.8 Å². The van der Waals surface area contributed by atoms with Crippen molar-refractivity contribution in [3.05, 3.63) is 46.6 Å². The molecule has 2 atom stereocenters. The van der Waals surface area contributed by atoms with Gasteiger partial charge in [-0.05, 0) is 59.2 Å². The highest BCUT2D eigenvalue weighted by Crippen LogP contribution is 2.41. The van der Waals surface area contributed by atoms with Gasteiger partial charge in [-0.3, -0.25) is 14.8 Å². The Bertz CT molecular complexity index is 1060. The third kappa shape index (κ3) is 3.37. The lowest BCUT2D eigenvalue weighted by Gasteiger charge is -2.45. The zero-order valence-electron chi connectivity index (χ0n) is 19.3. The van der Waals surface area contributed by atoms with Crippen LogP contribution < -0.4 is 5.32 Å². The minimum atomic E-state index is -0.530. The zero-order chi connectivity index (χ0) is 22.6. The van der Waals surface area contributed by atoms with E-state index in [-0.39, 0.29) is 18.0 Å². The number of aromatic amines is 1. The highest BCUT2D eigenvalue weighted by molar-refractivity contribution is 6.04. The van der Waals surface area contributed by atoms with Crippen molar-refractivity contribution in [1.29, 1.82) is 0 Å². The van der Waals surface area contributed by atoms with Gasteiger partial charge in [-0.1, -0.05) is 17.7 Å². The molecule has 3 aliphatic heterocycles. The van der Waals surface area contributed by atoms with Gasteiger partial charge in [0, 0.05) is 36.3 Å². The van der Waals surface area contributed by atoms with Crippen molar-refractivity contribution in [2.75, 3.05) is 25.0 Å². The number of aromatic nitrogens is 2. The number of benzene rings is 1. The van der Waals surface area contributed by atoms with Crippen molar-refractivity contribution in [3.63, 3.8) is 0 Å². The molecule has 4 heterocycles. The Morgan fingerprint density at radius 3 is 2.84 bits per heavy atom. The average molecular weight is 437 g/mol. The summed E-state index contributed by atoms with van der Waals surface area (Å²) in [6.07, 6.45) is 2.38. The molecule has 3 amide bonds. The van der Waals surface area contributed by atoms with Gasteiger partial charge in [-0.2, -0.15) is 5.10 Å². The van der Waals surface area contributed by atoms with Crippen LogP contribution in [0.15, 0.2) is 24.3 Å². The first kappa shape index (κ1) is 21.0. The summed E-state index contributed by atoms with van der Waals surface area (Å²) >= 11 is 0. The maximum atomic E-state index is 13.7. The summed E-state index contributed by atoms with van der Waals surface area (Å²) in [5.41, 5.74) is 2.86. The van der Waals surface area contributed by atoms with Gasteiger partial charge < -0.3 is 15.1 Å². The van der Waals surface area contributed by atoms with E-state index in [9.17, 15) is 9.59 Å². The predicted octanol–water partition coefficient (Wildman–Crippen LogP) is 3.31. The Hall–Kier alpha value is -2.87. The topological polar surface area (TPSA) is 84.6 Å². The van der Waals surface area contributed by atoms with Crippen LogP contribution >= 0.6 is 0 Å². The third-order valence-electron chi connectivity index (χ3n) is 7.40. The molecule has 1 aromatic heterocycles. The normalized spacial score (nSPS) is 24.4. The Morgan fingerprint density at radius 2 is 2.06 bits per heavy atom. The van der Waals surface area contributed by atoms with Gasteiger partial charge in [0.05, 0.1) is 17.8 Å². The number of hydrogen-bond acceptors (Lipinski definition) is 4. The maximum absolute atomic E-state index is 13.7. The van der Waals surface area contributed by atoms with Crippen LogP contribution in [0.2, 0.25) is 0 Å². The van der Waals surface area contributed by atoms with Gasteiger partial charge in [0.15, 0.2) is 5.82 Å². The fourth-order valence-electron chi connectivity index (χ4n) is 5.50. The highest BCUT2D eigenvalue weighted by Gasteiger charge is 2.47. The molecule has 3 aliphatic rings. The second kappa shape index (κ2) is 7.62. The number of aryl methyl sites for hydroxylation is 1. The smallest absolute Gasteiger partial charge is 0.319 e. The molecule has 1 aromatic carbocycles. The van der Waals surface area contributed by atoms with Gasteiger partial charge in [0.25, 0.3) is 5.91 Å². The third-order valence-corrected chi connectivity index (χ3v) is 7.40. The van der Waals surface area contributed by atoms with Crippen LogP contribution in [0.5, 0.6) is 0 Å². The fourth-order valence-corrected chi connectivity index (χ4v) is 5.50. The summed E-state index contributed by atoms with van der Waals surface area (Å²) in [5, 5.41) is 10.4. The Kier molecular flexibility index (Phi) is 5.00. The van der Waals surface area contributed by atoms with Crippen LogP contribution in [-0.2, 0) is 12.1 Å². The summed E-state index contributed by atoms with van der Waals surface area (Å²) in [6.45, 7) is 11.5. The van der Waals surface area contributed by atoms with Crippen LogP contribution in [-0.4, -0.2) is 68.6 Å². The predicted molar refractivity (Wildman–Crippen MR) is 122 cm³/mol. The second-order valence-corrected chi connectivity index (χ2v) is 9.97. The lowest BCUT2D eigenvalue weighted by atomic mass is 10.0. The highest BCUT2D eigenvalue weighted by atomic mass is 16.2. The van der Waals surface area contributed by atoms with Crippen molar-refractivity contribution in [3.8, 4) is 0 Å². The molecule has 0 aliphatic carbocycles. The maximum Gasteiger partial charge on any atom is 0.321 e. The molecule has 2 saturated heterocycles. The molecule has 0 saturated carbocycles. The number of fused-ring (bicyclic) bond motifs is 2. The Morgan fingerprint density at radius 1 is 1.25 bits per heavy atom. The summed E-state index contributed by atoms with van der Waals surface area (Å²) in [4.78, 5) is 32.9. The molecule has 5 rings (SSSR count). The van der Waals surface area contributed by atoms with Gasteiger partial charge in [0.1, 0.15) is 0 Å². The van der Waals surface area contributed by atoms with E-state index in [0.717, 1.165) is 42.9 Å². The summed E-state index contributed by atoms with van der Waals surface area (Å²) in [5.74, 6) is 0.306. The van der Waals surface area contributed by atoms with E-state index in [0.29, 0.717) is 24.0 Å². The molecule has 8 heteroatoms. The summed E-state index contributed by atoms with van der Waals surface area (Å²) in [6, 6.07) is 8.20. The first-order chi connectivity index (χ1) is 15.3. The molecule has 170 valence electrons. The standard InChI is InChI=1S/C24H32N6O2/c1-15-7-5-8-17(11-15)22(31)25-21-19-14-30(24(3,4)20(19)26-27-21)23(32)29-13-18-9-6-10-28(18)12-16(29)2/h5,7-8,11,16,18H,6,9-10,12-14H2,1-4H3,(H2,25,26,27,31)/t16-,18-/m0/s1. The monoisotopic (exact) mass is 436 g/mol. The SMILES string of the molecule is Cc1cccc(C(=O)Nc2n[nH]c3c2CN(C(=O)N2C[C@@H]4CCCN4C[C@@H]2C)C3(C)C)c1. The molecule has 0 spiro atoms. The first-order valence-corrected chi connectivity index (χ1v) is 11.5. The van der Waals surface area contributed by atoms with Crippen LogP contribution in [0.3, 0.4) is 0 Å². The molecule has 32 heavy (non-hydrogen) atoms. The fraction of sp³-hybridized carbons (Fsp3) is 0.542. The molecular formula is C24H32N6O2. The van der Waals surface area contributed by atoms with Crippen LogP contribution in [0.1, 0.15) is 60.8 Å². The minimum Gasteiger partial charge on any atom is -0.319 e. The number of rotatable bonds is 2. The molecule has 2 N–H and O–H groups in total. The lowest BCUT2D eigenvalue weighted by Crippen LogP contribution is -2.60. The average Bonchev–Trinajstić information content (AvgIpc) is 3.43. The largest absolute Gasteiger partial charge is 0.321 e. The van der Waals surface area contributed by atoms with Crippen molar-refractivity contribution in [1.82, 2.24) is 24.9 Å². The van der Waals surface area contributed by atoms with Crippen molar-refractivity contribution in [2.45, 2.75) is 64.7 Å². The number of carbonyl (C=O) groups excluding carboxylic acids is 2. The number of nitrogens with one attached hydrogen (secondary N) is 2. The van der Waals surface area contributed by atoms with E-state index in [1.165, 1.54) is 6.42 Å². The van der Waals surface area contributed by atoms with Gasteiger partial charge in [0.2, 0.25) is 0 Å². The van der Waals surface area contributed by atoms with E-state index in [4.69, 9.17) is 0 Å². The van der Waals surface area contributed by atoms with Crippen LogP contribution in [0.4, 0.5) is 10.6 Å². The molecule has 0 unspecified atom stereocenters. The second-order valence-electron chi connectivity index (χ2n) is 9.97. The number of anilines is 1. The van der Waals surface area contributed by atoms with E-state index in [2.05, 4.69) is 27.3 Å². The quantitative estimate of drug-likeness (QED) is 0.757. The molecule has 2 fully saturated rings.